The number of likely N-dealkylation sites (tertiary alicyclic amines) is 1. The maximum absolute atomic E-state index is 12.5. The highest BCUT2D eigenvalue weighted by Gasteiger charge is 2.30. The van der Waals surface area contributed by atoms with Gasteiger partial charge in [0.1, 0.15) is 6.04 Å². The lowest BCUT2D eigenvalue weighted by Gasteiger charge is -2.26. The summed E-state index contributed by atoms with van der Waals surface area (Å²) in [5.41, 5.74) is 0.325. The quantitative estimate of drug-likeness (QED) is 0.911. The minimum atomic E-state index is -0.544. The van der Waals surface area contributed by atoms with Crippen molar-refractivity contribution in [1.82, 2.24) is 10.2 Å². The number of carbonyl (C=O) groups excluding carboxylic acids is 2. The van der Waals surface area contributed by atoms with E-state index in [1.54, 1.807) is 12.1 Å². The fraction of sp³-hybridized carbons (Fsp3) is 0.500. The molecule has 2 rings (SSSR count). The van der Waals surface area contributed by atoms with E-state index in [9.17, 15) is 9.59 Å². The average molecular weight is 343 g/mol. The lowest BCUT2D eigenvalue weighted by molar-refractivity contribution is -0.133. The van der Waals surface area contributed by atoms with Crippen LogP contribution in [0, 0.1) is 5.92 Å². The summed E-state index contributed by atoms with van der Waals surface area (Å²) in [6, 6.07) is 4.15. The first-order valence-corrected chi connectivity index (χ1v) is 8.20. The van der Waals surface area contributed by atoms with Crippen molar-refractivity contribution < 1.29 is 9.59 Å². The number of hydrogen-bond acceptors (Lipinski definition) is 2. The van der Waals surface area contributed by atoms with Gasteiger partial charge in [0.15, 0.2) is 0 Å². The van der Waals surface area contributed by atoms with Gasteiger partial charge in [-0.3, -0.25) is 9.59 Å². The second kappa shape index (κ2) is 7.34. The van der Waals surface area contributed by atoms with Crippen LogP contribution in [0.2, 0.25) is 10.0 Å². The molecule has 1 aliphatic heterocycles. The first-order chi connectivity index (χ1) is 10.4. The predicted octanol–water partition coefficient (Wildman–Crippen LogP) is 3.37. The van der Waals surface area contributed by atoms with Gasteiger partial charge in [-0.05, 0) is 37.0 Å². The first kappa shape index (κ1) is 17.1. The molecule has 0 saturated carbocycles. The zero-order valence-corrected chi connectivity index (χ0v) is 14.2. The van der Waals surface area contributed by atoms with Crippen molar-refractivity contribution in [1.29, 1.82) is 0 Å². The van der Waals surface area contributed by atoms with Crippen LogP contribution in [0.25, 0.3) is 0 Å². The van der Waals surface area contributed by atoms with Gasteiger partial charge in [0.05, 0.1) is 10.6 Å². The molecule has 1 atom stereocenters. The fourth-order valence-electron chi connectivity index (χ4n) is 2.54. The van der Waals surface area contributed by atoms with Gasteiger partial charge in [0.2, 0.25) is 5.91 Å². The zero-order valence-electron chi connectivity index (χ0n) is 12.7. The molecule has 2 amide bonds. The van der Waals surface area contributed by atoms with Gasteiger partial charge in [0.25, 0.3) is 5.91 Å². The van der Waals surface area contributed by atoms with Crippen LogP contribution in [0.15, 0.2) is 18.2 Å². The van der Waals surface area contributed by atoms with Crippen molar-refractivity contribution in [2.24, 2.45) is 5.92 Å². The summed E-state index contributed by atoms with van der Waals surface area (Å²) in [6.45, 7) is 5.37. The molecule has 0 radical (unpaired) electrons. The second-order valence-electron chi connectivity index (χ2n) is 5.85. The Morgan fingerprint density at radius 2 is 1.82 bits per heavy atom. The molecule has 0 spiro atoms. The van der Waals surface area contributed by atoms with E-state index < -0.39 is 6.04 Å². The summed E-state index contributed by atoms with van der Waals surface area (Å²) in [5, 5.41) is 3.56. The van der Waals surface area contributed by atoms with Crippen LogP contribution in [0.4, 0.5) is 0 Å². The van der Waals surface area contributed by atoms with Crippen molar-refractivity contribution in [2.75, 3.05) is 13.1 Å². The Balaban J connectivity index is 2.13. The van der Waals surface area contributed by atoms with E-state index in [1.165, 1.54) is 6.07 Å². The number of amides is 2. The summed E-state index contributed by atoms with van der Waals surface area (Å²) in [5.74, 6) is -0.373. The summed E-state index contributed by atoms with van der Waals surface area (Å²) in [6.07, 6.45) is 2.04. The van der Waals surface area contributed by atoms with Crippen LogP contribution >= 0.6 is 23.2 Å². The van der Waals surface area contributed by atoms with Gasteiger partial charge in [-0.15, -0.1) is 0 Å². The normalized spacial score (nSPS) is 16.0. The Hall–Kier alpha value is -1.26. The van der Waals surface area contributed by atoms with Gasteiger partial charge >= 0.3 is 0 Å². The number of nitrogens with one attached hydrogen (secondary N) is 1. The minimum Gasteiger partial charge on any atom is -0.341 e. The zero-order chi connectivity index (χ0) is 16.3. The molecule has 0 unspecified atom stereocenters. The Labute approximate surface area is 140 Å². The lowest BCUT2D eigenvalue weighted by atomic mass is 10.0. The molecule has 0 aromatic heterocycles. The number of rotatable bonds is 4. The SMILES string of the molecule is CC(C)[C@H](NC(=O)c1ccc(Cl)cc1Cl)C(=O)N1CCCC1. The number of benzene rings is 1. The van der Waals surface area contributed by atoms with Crippen LogP contribution < -0.4 is 5.32 Å². The topological polar surface area (TPSA) is 49.4 Å². The smallest absolute Gasteiger partial charge is 0.253 e. The molecule has 0 aliphatic carbocycles. The Morgan fingerprint density at radius 3 is 2.36 bits per heavy atom. The largest absolute Gasteiger partial charge is 0.341 e. The third kappa shape index (κ3) is 3.93. The van der Waals surface area contributed by atoms with E-state index in [4.69, 9.17) is 23.2 Å². The molecule has 0 bridgehead atoms. The van der Waals surface area contributed by atoms with Crippen molar-refractivity contribution in [3.05, 3.63) is 33.8 Å². The Kier molecular flexibility index (Phi) is 5.70. The molecule has 1 heterocycles. The standard InChI is InChI=1S/C16H20Cl2N2O2/c1-10(2)14(16(22)20-7-3-4-8-20)19-15(21)12-6-5-11(17)9-13(12)18/h5-6,9-10,14H,3-4,7-8H2,1-2H3,(H,19,21)/t14-/m0/s1. The van der Waals surface area contributed by atoms with Crippen molar-refractivity contribution in [3.8, 4) is 0 Å². The number of hydrogen-bond donors (Lipinski definition) is 1. The molecule has 6 heteroatoms. The number of carbonyl (C=O) groups is 2. The third-order valence-corrected chi connectivity index (χ3v) is 4.36. The van der Waals surface area contributed by atoms with Gasteiger partial charge in [0, 0.05) is 18.1 Å². The molecular weight excluding hydrogens is 323 g/mol. The molecule has 1 aromatic rings. The number of halogens is 2. The van der Waals surface area contributed by atoms with Crippen LogP contribution in [0.1, 0.15) is 37.0 Å². The van der Waals surface area contributed by atoms with Gasteiger partial charge in [-0.1, -0.05) is 37.0 Å². The van der Waals surface area contributed by atoms with Gasteiger partial charge < -0.3 is 10.2 Å². The predicted molar refractivity (Wildman–Crippen MR) is 88.4 cm³/mol. The van der Waals surface area contributed by atoms with Crippen LogP contribution in [-0.4, -0.2) is 35.8 Å². The maximum atomic E-state index is 12.5. The highest BCUT2D eigenvalue weighted by atomic mass is 35.5. The fourth-order valence-corrected chi connectivity index (χ4v) is 3.03. The molecule has 120 valence electrons. The minimum absolute atomic E-state index is 0.00289. The molecule has 1 aliphatic rings. The number of nitrogens with zero attached hydrogens (tertiary/aromatic N) is 1. The summed E-state index contributed by atoms with van der Waals surface area (Å²) < 4.78 is 0. The van der Waals surface area contributed by atoms with E-state index in [1.807, 2.05) is 18.7 Å². The van der Waals surface area contributed by atoms with Gasteiger partial charge in [-0.2, -0.15) is 0 Å². The second-order valence-corrected chi connectivity index (χ2v) is 6.70. The maximum Gasteiger partial charge on any atom is 0.253 e. The van der Waals surface area contributed by atoms with E-state index in [2.05, 4.69) is 5.32 Å². The molecule has 1 fully saturated rings. The van der Waals surface area contributed by atoms with E-state index in [0.717, 1.165) is 25.9 Å². The molecule has 22 heavy (non-hydrogen) atoms. The highest BCUT2D eigenvalue weighted by Crippen LogP contribution is 2.21. The van der Waals surface area contributed by atoms with E-state index in [-0.39, 0.29) is 22.8 Å². The molecule has 1 saturated heterocycles. The monoisotopic (exact) mass is 342 g/mol. The average Bonchev–Trinajstić information content (AvgIpc) is 2.97. The van der Waals surface area contributed by atoms with E-state index >= 15 is 0 Å². The Bertz CT molecular complexity index is 569. The molecule has 4 nitrogen and oxygen atoms in total. The molecule has 1 aromatic carbocycles. The summed E-state index contributed by atoms with van der Waals surface area (Å²) in [7, 11) is 0. The van der Waals surface area contributed by atoms with Gasteiger partial charge in [-0.25, -0.2) is 0 Å². The van der Waals surface area contributed by atoms with Crippen molar-refractivity contribution in [3.63, 3.8) is 0 Å². The van der Waals surface area contributed by atoms with Crippen LogP contribution in [0.3, 0.4) is 0 Å². The third-order valence-electron chi connectivity index (χ3n) is 3.81. The van der Waals surface area contributed by atoms with Crippen LogP contribution in [0.5, 0.6) is 0 Å². The Morgan fingerprint density at radius 1 is 1.18 bits per heavy atom. The van der Waals surface area contributed by atoms with Crippen molar-refractivity contribution in [2.45, 2.75) is 32.7 Å². The summed E-state index contributed by atoms with van der Waals surface area (Å²) >= 11 is 11.9. The lowest BCUT2D eigenvalue weighted by Crippen LogP contribution is -2.50. The van der Waals surface area contributed by atoms with Crippen LogP contribution in [-0.2, 0) is 4.79 Å². The molecular formula is C16H20Cl2N2O2. The highest BCUT2D eigenvalue weighted by molar-refractivity contribution is 6.36. The molecule has 1 N–H and O–H groups in total. The first-order valence-electron chi connectivity index (χ1n) is 7.45. The summed E-state index contributed by atoms with van der Waals surface area (Å²) in [4.78, 5) is 26.8. The van der Waals surface area contributed by atoms with E-state index in [0.29, 0.717) is 10.6 Å². The van der Waals surface area contributed by atoms with Crippen molar-refractivity contribution >= 4 is 35.0 Å².